The third kappa shape index (κ3) is 1.96. The molecule has 90 valence electrons. The molecule has 0 aliphatic rings. The molecule has 0 aliphatic carbocycles. The van der Waals surface area contributed by atoms with Crippen LogP contribution in [0.25, 0.3) is 0 Å². The van der Waals surface area contributed by atoms with Gasteiger partial charge in [-0.05, 0) is 19.9 Å². The van der Waals surface area contributed by atoms with E-state index in [9.17, 15) is 13.2 Å². The van der Waals surface area contributed by atoms with Crippen LogP contribution in [0.3, 0.4) is 0 Å². The molecule has 1 aromatic rings. The first kappa shape index (κ1) is 12.7. The second-order valence-electron chi connectivity index (χ2n) is 3.80. The van der Waals surface area contributed by atoms with Gasteiger partial charge in [-0.2, -0.15) is 4.31 Å². The van der Waals surface area contributed by atoms with Crippen molar-refractivity contribution in [3.63, 3.8) is 0 Å². The van der Waals surface area contributed by atoms with E-state index in [1.54, 1.807) is 0 Å². The zero-order valence-electron chi connectivity index (χ0n) is 9.17. The van der Waals surface area contributed by atoms with Gasteiger partial charge in [0.05, 0.1) is 6.26 Å². The van der Waals surface area contributed by atoms with E-state index in [1.807, 2.05) is 0 Å². The Hall–Kier alpha value is -1.34. The number of carboxylic acids is 1. The molecule has 0 aromatic carbocycles. The van der Waals surface area contributed by atoms with Crippen molar-refractivity contribution in [2.75, 3.05) is 7.05 Å². The highest BCUT2D eigenvalue weighted by atomic mass is 32.2. The first-order chi connectivity index (χ1) is 7.20. The normalized spacial score (nSPS) is 13.0. The summed E-state index contributed by atoms with van der Waals surface area (Å²) >= 11 is 0. The largest absolute Gasteiger partial charge is 0.480 e. The molecule has 0 radical (unpaired) electrons. The quantitative estimate of drug-likeness (QED) is 0.848. The highest BCUT2D eigenvalue weighted by Gasteiger charge is 2.40. The maximum absolute atomic E-state index is 11.9. The van der Waals surface area contributed by atoms with E-state index >= 15 is 0 Å². The SMILES string of the molecule is CN(C(C)(C)C(=O)O)S(=O)(=O)c1ccoc1. The fourth-order valence-electron chi connectivity index (χ4n) is 0.992. The van der Waals surface area contributed by atoms with E-state index < -0.39 is 21.5 Å². The summed E-state index contributed by atoms with van der Waals surface area (Å²) in [6.45, 7) is 2.62. The van der Waals surface area contributed by atoms with E-state index in [-0.39, 0.29) is 4.90 Å². The Morgan fingerprint density at radius 2 is 2.06 bits per heavy atom. The Labute approximate surface area is 93.5 Å². The maximum atomic E-state index is 11.9. The van der Waals surface area contributed by atoms with Crippen molar-refractivity contribution in [3.05, 3.63) is 18.6 Å². The minimum Gasteiger partial charge on any atom is -0.480 e. The van der Waals surface area contributed by atoms with E-state index in [1.165, 1.54) is 33.2 Å². The lowest BCUT2D eigenvalue weighted by molar-refractivity contribution is -0.145. The standard InChI is InChI=1S/C9H13NO5S/c1-9(2,8(11)12)10(3)16(13,14)7-4-5-15-6-7/h4-6H,1-3H3,(H,11,12). The number of sulfonamides is 1. The molecule has 1 heterocycles. The van der Waals surface area contributed by atoms with Gasteiger partial charge in [0.2, 0.25) is 10.0 Å². The number of carboxylic acid groups (broad SMARTS) is 1. The highest BCUT2D eigenvalue weighted by Crippen LogP contribution is 2.23. The lowest BCUT2D eigenvalue weighted by Crippen LogP contribution is -2.50. The van der Waals surface area contributed by atoms with Crippen LogP contribution in [0.4, 0.5) is 0 Å². The molecule has 0 amide bonds. The Morgan fingerprint density at radius 1 is 1.50 bits per heavy atom. The van der Waals surface area contributed by atoms with Crippen LogP contribution in [0.15, 0.2) is 27.9 Å². The number of likely N-dealkylation sites (N-methyl/N-ethyl adjacent to an activating group) is 1. The zero-order valence-corrected chi connectivity index (χ0v) is 9.98. The molecular formula is C9H13NO5S. The zero-order chi connectivity index (χ0) is 12.6. The van der Waals surface area contributed by atoms with Gasteiger partial charge in [-0.3, -0.25) is 4.79 Å². The van der Waals surface area contributed by atoms with E-state index in [2.05, 4.69) is 4.42 Å². The summed E-state index contributed by atoms with van der Waals surface area (Å²) in [6, 6.07) is 1.27. The smallest absolute Gasteiger partial charge is 0.324 e. The summed E-state index contributed by atoms with van der Waals surface area (Å²) in [7, 11) is -2.62. The lowest BCUT2D eigenvalue weighted by Gasteiger charge is -2.29. The van der Waals surface area contributed by atoms with Gasteiger partial charge in [-0.25, -0.2) is 8.42 Å². The fraction of sp³-hybridized carbons (Fsp3) is 0.444. The van der Waals surface area contributed by atoms with Crippen LogP contribution in [0, 0.1) is 0 Å². The monoisotopic (exact) mass is 247 g/mol. The summed E-state index contributed by atoms with van der Waals surface area (Å²) in [6.07, 6.45) is 2.28. The summed E-state index contributed by atoms with van der Waals surface area (Å²) in [5, 5.41) is 8.94. The van der Waals surface area contributed by atoms with Crippen molar-refractivity contribution in [2.24, 2.45) is 0 Å². The first-order valence-electron chi connectivity index (χ1n) is 4.45. The minimum absolute atomic E-state index is 0.0654. The van der Waals surface area contributed by atoms with E-state index in [4.69, 9.17) is 5.11 Å². The Morgan fingerprint density at radius 3 is 2.44 bits per heavy atom. The number of rotatable bonds is 4. The summed E-state index contributed by atoms with van der Waals surface area (Å²) < 4.78 is 29.4. The molecule has 0 fully saturated rings. The molecule has 6 nitrogen and oxygen atoms in total. The van der Waals surface area contributed by atoms with Gasteiger partial charge in [0.1, 0.15) is 16.7 Å². The van der Waals surface area contributed by atoms with Crippen molar-refractivity contribution in [1.29, 1.82) is 0 Å². The second-order valence-corrected chi connectivity index (χ2v) is 5.77. The minimum atomic E-state index is -3.84. The predicted octanol–water partition coefficient (Wildman–Crippen LogP) is 0.763. The van der Waals surface area contributed by atoms with Crippen molar-refractivity contribution < 1.29 is 22.7 Å². The molecule has 1 N–H and O–H groups in total. The summed E-state index contributed by atoms with van der Waals surface area (Å²) in [5.74, 6) is -1.22. The average Bonchev–Trinajstić information content (AvgIpc) is 2.69. The van der Waals surface area contributed by atoms with Gasteiger partial charge >= 0.3 is 5.97 Å². The van der Waals surface area contributed by atoms with Crippen LogP contribution in [0.2, 0.25) is 0 Å². The van der Waals surface area contributed by atoms with Gasteiger partial charge in [0.15, 0.2) is 0 Å². The van der Waals surface area contributed by atoms with Crippen molar-refractivity contribution in [3.8, 4) is 0 Å². The molecule has 0 unspecified atom stereocenters. The molecule has 0 spiro atoms. The van der Waals surface area contributed by atoms with Gasteiger partial charge in [-0.1, -0.05) is 0 Å². The van der Waals surface area contributed by atoms with Crippen LogP contribution in [-0.4, -0.2) is 36.4 Å². The number of nitrogens with zero attached hydrogens (tertiary/aromatic N) is 1. The Balaban J connectivity index is 3.17. The maximum Gasteiger partial charge on any atom is 0.324 e. The van der Waals surface area contributed by atoms with E-state index in [0.29, 0.717) is 0 Å². The summed E-state index contributed by atoms with van der Waals surface area (Å²) in [5.41, 5.74) is -1.52. The molecule has 1 rings (SSSR count). The van der Waals surface area contributed by atoms with Gasteiger partial charge in [0, 0.05) is 7.05 Å². The first-order valence-corrected chi connectivity index (χ1v) is 5.89. The second kappa shape index (κ2) is 3.91. The number of hydrogen-bond acceptors (Lipinski definition) is 4. The van der Waals surface area contributed by atoms with Crippen LogP contribution >= 0.6 is 0 Å². The number of carbonyl (C=O) groups is 1. The topological polar surface area (TPSA) is 87.8 Å². The fourth-order valence-corrected chi connectivity index (χ4v) is 2.39. The third-order valence-corrected chi connectivity index (χ3v) is 4.47. The molecule has 16 heavy (non-hydrogen) atoms. The Bertz CT molecular complexity index is 474. The molecular weight excluding hydrogens is 234 g/mol. The molecule has 0 saturated heterocycles. The van der Waals surface area contributed by atoms with E-state index in [0.717, 1.165) is 10.6 Å². The van der Waals surface area contributed by atoms with Gasteiger partial charge < -0.3 is 9.52 Å². The Kier molecular flexibility index (Phi) is 3.11. The van der Waals surface area contributed by atoms with Crippen molar-refractivity contribution in [2.45, 2.75) is 24.3 Å². The van der Waals surface area contributed by atoms with Gasteiger partial charge in [0.25, 0.3) is 0 Å². The molecule has 0 aliphatic heterocycles. The highest BCUT2D eigenvalue weighted by molar-refractivity contribution is 7.89. The molecule has 0 saturated carbocycles. The average molecular weight is 247 g/mol. The molecule has 0 bridgehead atoms. The molecule has 7 heteroatoms. The number of hydrogen-bond donors (Lipinski definition) is 1. The number of furan rings is 1. The van der Waals surface area contributed by atoms with Crippen LogP contribution < -0.4 is 0 Å². The molecule has 0 atom stereocenters. The third-order valence-electron chi connectivity index (χ3n) is 2.46. The van der Waals surface area contributed by atoms with Crippen molar-refractivity contribution in [1.82, 2.24) is 4.31 Å². The van der Waals surface area contributed by atoms with Gasteiger partial charge in [-0.15, -0.1) is 0 Å². The summed E-state index contributed by atoms with van der Waals surface area (Å²) in [4.78, 5) is 10.9. The molecule has 1 aromatic heterocycles. The predicted molar refractivity (Wildman–Crippen MR) is 55.4 cm³/mol. The van der Waals surface area contributed by atoms with Crippen LogP contribution in [0.1, 0.15) is 13.8 Å². The lowest BCUT2D eigenvalue weighted by atomic mass is 10.1. The van der Waals surface area contributed by atoms with Crippen LogP contribution in [0.5, 0.6) is 0 Å². The van der Waals surface area contributed by atoms with Crippen LogP contribution in [-0.2, 0) is 14.8 Å². The van der Waals surface area contributed by atoms with Crippen molar-refractivity contribution >= 4 is 16.0 Å². The number of aliphatic carboxylic acids is 1.